The smallest absolute Gasteiger partial charge is 0.296 e. The van der Waals surface area contributed by atoms with E-state index in [9.17, 15) is 22.6 Å². The molecule has 0 heterocycles. The zero-order valence-electron chi connectivity index (χ0n) is 15.2. The number of nitrogen functional groups attached to an aromatic ring is 1. The number of ketones is 2. The maximum atomic E-state index is 13.3. The number of carbonyl (C=O) groups is 2. The largest absolute Gasteiger partial charge is 0.496 e. The number of nitrogens with two attached hydrogens (primary N) is 1. The van der Waals surface area contributed by atoms with E-state index in [4.69, 9.17) is 10.5 Å². The number of rotatable bonds is 3. The SMILES string of the molecule is COc1ccccc1-c1cc(S(=O)(=O)O)c(N)c2c1C(=O)c1ccccc1C2=O. The Labute approximate surface area is 166 Å². The van der Waals surface area contributed by atoms with E-state index in [0.29, 0.717) is 11.3 Å². The lowest BCUT2D eigenvalue weighted by Gasteiger charge is -2.23. The first-order valence-corrected chi connectivity index (χ1v) is 9.95. The number of carbonyl (C=O) groups excluding carboxylic acids is 2. The van der Waals surface area contributed by atoms with Crippen molar-refractivity contribution in [1.29, 1.82) is 0 Å². The summed E-state index contributed by atoms with van der Waals surface area (Å²) < 4.78 is 38.9. The molecule has 0 amide bonds. The van der Waals surface area contributed by atoms with E-state index >= 15 is 0 Å². The summed E-state index contributed by atoms with van der Waals surface area (Å²) in [6.45, 7) is 0. The summed E-state index contributed by atoms with van der Waals surface area (Å²) in [6.07, 6.45) is 0. The molecule has 0 radical (unpaired) electrons. The molecule has 0 fully saturated rings. The third-order valence-electron chi connectivity index (χ3n) is 4.88. The highest BCUT2D eigenvalue weighted by molar-refractivity contribution is 7.86. The molecular formula is C21H15NO6S. The van der Waals surface area contributed by atoms with Crippen LogP contribution in [0.4, 0.5) is 5.69 Å². The van der Waals surface area contributed by atoms with Crippen molar-refractivity contribution in [2.45, 2.75) is 4.90 Å². The molecule has 146 valence electrons. The number of benzene rings is 3. The molecule has 3 aromatic rings. The van der Waals surface area contributed by atoms with Crippen LogP contribution in [0.2, 0.25) is 0 Å². The van der Waals surface area contributed by atoms with Gasteiger partial charge in [0.15, 0.2) is 11.6 Å². The van der Waals surface area contributed by atoms with Crippen LogP contribution in [0.5, 0.6) is 5.75 Å². The zero-order valence-corrected chi connectivity index (χ0v) is 16.0. The van der Waals surface area contributed by atoms with E-state index in [1.807, 2.05) is 0 Å². The Morgan fingerprint density at radius 3 is 1.90 bits per heavy atom. The number of hydrogen-bond acceptors (Lipinski definition) is 6. The zero-order chi connectivity index (χ0) is 20.9. The van der Waals surface area contributed by atoms with Crippen LogP contribution in [0.3, 0.4) is 0 Å². The molecule has 3 N–H and O–H groups in total. The molecule has 0 aliphatic heterocycles. The molecule has 0 saturated carbocycles. The molecule has 8 heteroatoms. The highest BCUT2D eigenvalue weighted by atomic mass is 32.2. The van der Waals surface area contributed by atoms with Gasteiger partial charge in [0.05, 0.1) is 18.4 Å². The van der Waals surface area contributed by atoms with Crippen molar-refractivity contribution in [3.63, 3.8) is 0 Å². The average Bonchev–Trinajstić information content (AvgIpc) is 2.70. The topological polar surface area (TPSA) is 124 Å². The normalized spacial score (nSPS) is 13.0. The Kier molecular flexibility index (Phi) is 4.25. The van der Waals surface area contributed by atoms with Crippen molar-refractivity contribution < 1.29 is 27.3 Å². The first-order chi connectivity index (χ1) is 13.8. The predicted molar refractivity (Wildman–Crippen MR) is 106 cm³/mol. The Morgan fingerprint density at radius 1 is 0.828 bits per heavy atom. The third-order valence-corrected chi connectivity index (χ3v) is 5.77. The fourth-order valence-corrected chi connectivity index (χ4v) is 4.23. The molecule has 0 unspecified atom stereocenters. The molecule has 1 aliphatic carbocycles. The van der Waals surface area contributed by atoms with Crippen molar-refractivity contribution in [3.8, 4) is 16.9 Å². The second kappa shape index (κ2) is 6.54. The van der Waals surface area contributed by atoms with Crippen LogP contribution in [-0.2, 0) is 10.1 Å². The fraction of sp³-hybridized carbons (Fsp3) is 0.0476. The van der Waals surface area contributed by atoms with Crippen LogP contribution in [-0.4, -0.2) is 31.6 Å². The third kappa shape index (κ3) is 2.81. The summed E-state index contributed by atoms with van der Waals surface area (Å²) in [5.74, 6) is -0.695. The minimum Gasteiger partial charge on any atom is -0.496 e. The van der Waals surface area contributed by atoms with Crippen LogP contribution < -0.4 is 10.5 Å². The van der Waals surface area contributed by atoms with Gasteiger partial charge in [-0.2, -0.15) is 8.42 Å². The van der Waals surface area contributed by atoms with Crippen LogP contribution >= 0.6 is 0 Å². The van der Waals surface area contributed by atoms with Gasteiger partial charge in [0, 0.05) is 22.3 Å². The molecule has 0 spiro atoms. The number of anilines is 1. The van der Waals surface area contributed by atoms with Crippen molar-refractivity contribution in [2.24, 2.45) is 0 Å². The van der Waals surface area contributed by atoms with E-state index in [-0.39, 0.29) is 27.8 Å². The lowest BCUT2D eigenvalue weighted by atomic mass is 9.79. The van der Waals surface area contributed by atoms with Crippen molar-refractivity contribution in [3.05, 3.63) is 76.9 Å². The molecular weight excluding hydrogens is 394 g/mol. The molecule has 29 heavy (non-hydrogen) atoms. The molecule has 0 aromatic heterocycles. The Hall–Kier alpha value is -3.49. The summed E-state index contributed by atoms with van der Waals surface area (Å²) in [4.78, 5) is 25.8. The van der Waals surface area contributed by atoms with Crippen molar-refractivity contribution >= 4 is 27.4 Å². The van der Waals surface area contributed by atoms with Gasteiger partial charge in [-0.3, -0.25) is 14.1 Å². The number of fused-ring (bicyclic) bond motifs is 2. The summed E-state index contributed by atoms with van der Waals surface area (Å²) in [5.41, 5.74) is 6.07. The molecule has 0 bridgehead atoms. The van der Waals surface area contributed by atoms with Gasteiger partial charge in [0.2, 0.25) is 0 Å². The van der Waals surface area contributed by atoms with E-state index in [1.165, 1.54) is 19.2 Å². The average molecular weight is 409 g/mol. The number of hydrogen-bond donors (Lipinski definition) is 2. The molecule has 3 aromatic carbocycles. The monoisotopic (exact) mass is 409 g/mol. The van der Waals surface area contributed by atoms with Crippen molar-refractivity contribution in [2.75, 3.05) is 12.8 Å². The molecule has 7 nitrogen and oxygen atoms in total. The Bertz CT molecular complexity index is 1310. The highest BCUT2D eigenvalue weighted by Crippen LogP contribution is 2.42. The lowest BCUT2D eigenvalue weighted by Crippen LogP contribution is -2.24. The van der Waals surface area contributed by atoms with Crippen molar-refractivity contribution in [1.82, 2.24) is 0 Å². The van der Waals surface area contributed by atoms with Crippen LogP contribution in [0, 0.1) is 0 Å². The van der Waals surface area contributed by atoms with E-state index in [0.717, 1.165) is 6.07 Å². The first kappa shape index (κ1) is 18.9. The maximum absolute atomic E-state index is 13.3. The van der Waals surface area contributed by atoms with Gasteiger partial charge in [-0.15, -0.1) is 0 Å². The quantitative estimate of drug-likeness (QED) is 0.394. The minimum absolute atomic E-state index is 0.0249. The highest BCUT2D eigenvalue weighted by Gasteiger charge is 2.36. The van der Waals surface area contributed by atoms with E-state index < -0.39 is 32.3 Å². The van der Waals surface area contributed by atoms with Gasteiger partial charge < -0.3 is 10.5 Å². The predicted octanol–water partition coefficient (Wildman–Crippen LogP) is 2.97. The number of ether oxygens (including phenoxy) is 1. The Morgan fingerprint density at radius 2 is 1.34 bits per heavy atom. The summed E-state index contributed by atoms with van der Waals surface area (Å²) in [5, 5.41) is 0. The molecule has 0 saturated heterocycles. The minimum atomic E-state index is -4.76. The van der Waals surface area contributed by atoms with E-state index in [2.05, 4.69) is 0 Å². The van der Waals surface area contributed by atoms with Gasteiger partial charge in [-0.1, -0.05) is 42.5 Å². The Balaban J connectivity index is 2.18. The van der Waals surface area contributed by atoms with Gasteiger partial charge in [0.1, 0.15) is 10.6 Å². The second-order valence-electron chi connectivity index (χ2n) is 6.47. The van der Waals surface area contributed by atoms with E-state index in [1.54, 1.807) is 36.4 Å². The summed E-state index contributed by atoms with van der Waals surface area (Å²) >= 11 is 0. The summed E-state index contributed by atoms with van der Waals surface area (Å²) in [7, 11) is -3.34. The van der Waals surface area contributed by atoms with Crippen LogP contribution in [0.25, 0.3) is 11.1 Å². The molecule has 1 aliphatic rings. The van der Waals surface area contributed by atoms with Gasteiger partial charge in [-0.25, -0.2) is 0 Å². The van der Waals surface area contributed by atoms with Gasteiger partial charge >= 0.3 is 0 Å². The maximum Gasteiger partial charge on any atom is 0.296 e. The standard InChI is InChI=1S/C21H15NO6S/c1-28-15-9-5-4-6-11(15)14-10-16(29(25,26)27)19(22)18-17(14)20(23)12-7-2-3-8-13(12)21(18)24/h2-10H,22H2,1H3,(H,25,26,27). The molecule has 0 atom stereocenters. The van der Waals surface area contributed by atoms with Crippen LogP contribution in [0.1, 0.15) is 31.8 Å². The number of para-hydroxylation sites is 1. The summed E-state index contributed by atoms with van der Waals surface area (Å²) in [6, 6.07) is 14.0. The lowest BCUT2D eigenvalue weighted by molar-refractivity contribution is 0.0980. The fourth-order valence-electron chi connectivity index (χ4n) is 3.59. The van der Waals surface area contributed by atoms with Gasteiger partial charge in [-0.05, 0) is 17.7 Å². The van der Waals surface area contributed by atoms with Crippen LogP contribution in [0.15, 0.2) is 59.5 Å². The van der Waals surface area contributed by atoms with Gasteiger partial charge in [0.25, 0.3) is 10.1 Å². The second-order valence-corrected chi connectivity index (χ2v) is 7.86. The first-order valence-electron chi connectivity index (χ1n) is 8.51. The number of methoxy groups -OCH3 is 1. The molecule has 4 rings (SSSR count).